The Kier molecular flexibility index (Phi) is 5.18. The summed E-state index contributed by atoms with van der Waals surface area (Å²) in [5, 5.41) is 18.5. The minimum Gasteiger partial charge on any atom is -0.390 e. The summed E-state index contributed by atoms with van der Waals surface area (Å²) < 4.78 is 4.85. The van der Waals surface area contributed by atoms with Crippen LogP contribution in [0.3, 0.4) is 0 Å². The molecule has 1 atom stereocenters. The Balaban J connectivity index is 2.61. The Hall–Kier alpha value is -1.17. The molecule has 2 N–H and O–H groups in total. The van der Waals surface area contributed by atoms with Gasteiger partial charge < -0.3 is 19.8 Å². The monoisotopic (exact) mass is 226 g/mol. The molecule has 0 aliphatic carbocycles. The molecule has 0 radical (unpaired) electrons. The van der Waals surface area contributed by atoms with Crippen LogP contribution in [0.4, 0.5) is 5.82 Å². The number of hydrogen-bond acceptors (Lipinski definition) is 5. The third-order valence-corrected chi connectivity index (χ3v) is 2.19. The lowest BCUT2D eigenvalue weighted by molar-refractivity contribution is 0.0694. The molecule has 0 saturated heterocycles. The highest BCUT2D eigenvalue weighted by Gasteiger charge is 2.09. The summed E-state index contributed by atoms with van der Waals surface area (Å²) in [6.45, 7) is 0.655. The van der Waals surface area contributed by atoms with Crippen LogP contribution >= 0.6 is 0 Å². The Morgan fingerprint density at radius 1 is 1.50 bits per heavy atom. The van der Waals surface area contributed by atoms with Gasteiger partial charge >= 0.3 is 0 Å². The molecule has 0 aromatic carbocycles. The van der Waals surface area contributed by atoms with E-state index in [1.807, 2.05) is 24.1 Å². The lowest BCUT2D eigenvalue weighted by atomic mass is 10.3. The number of likely N-dealkylation sites (N-methyl/N-ethyl adjacent to an activating group) is 1. The molecule has 0 fully saturated rings. The molecule has 5 nitrogen and oxygen atoms in total. The molecule has 0 bridgehead atoms. The predicted octanol–water partition coefficient (Wildman–Crippen LogP) is 0.0174. The SMILES string of the molecule is COCC(O)CN(C)c1cccc(CO)n1. The van der Waals surface area contributed by atoms with Crippen molar-refractivity contribution in [3.63, 3.8) is 0 Å². The zero-order chi connectivity index (χ0) is 12.0. The van der Waals surface area contributed by atoms with Gasteiger partial charge in [0.2, 0.25) is 0 Å². The van der Waals surface area contributed by atoms with E-state index < -0.39 is 6.10 Å². The molecule has 0 aliphatic heterocycles. The van der Waals surface area contributed by atoms with E-state index in [0.717, 1.165) is 5.82 Å². The lowest BCUT2D eigenvalue weighted by Crippen LogP contribution is -2.32. The molecule has 16 heavy (non-hydrogen) atoms. The van der Waals surface area contributed by atoms with Crippen LogP contribution in [-0.4, -0.2) is 48.6 Å². The zero-order valence-corrected chi connectivity index (χ0v) is 9.63. The van der Waals surface area contributed by atoms with Crippen molar-refractivity contribution >= 4 is 5.82 Å². The summed E-state index contributed by atoms with van der Waals surface area (Å²) in [6.07, 6.45) is -0.547. The van der Waals surface area contributed by atoms with Crippen LogP contribution in [0.15, 0.2) is 18.2 Å². The quantitative estimate of drug-likeness (QED) is 0.715. The highest BCUT2D eigenvalue weighted by atomic mass is 16.5. The van der Waals surface area contributed by atoms with Crippen LogP contribution in [0.25, 0.3) is 0 Å². The van der Waals surface area contributed by atoms with Gasteiger partial charge in [0, 0.05) is 20.7 Å². The molecule has 1 aromatic heterocycles. The van der Waals surface area contributed by atoms with Crippen molar-refractivity contribution in [1.82, 2.24) is 4.98 Å². The Morgan fingerprint density at radius 3 is 2.88 bits per heavy atom. The van der Waals surface area contributed by atoms with Crippen molar-refractivity contribution in [3.05, 3.63) is 23.9 Å². The summed E-state index contributed by atoms with van der Waals surface area (Å²) in [5.41, 5.74) is 0.616. The Bertz CT molecular complexity index is 320. The van der Waals surface area contributed by atoms with E-state index in [9.17, 15) is 5.11 Å². The van der Waals surface area contributed by atoms with Gasteiger partial charge in [0.1, 0.15) is 5.82 Å². The van der Waals surface area contributed by atoms with E-state index in [4.69, 9.17) is 9.84 Å². The summed E-state index contributed by atoms with van der Waals surface area (Å²) in [4.78, 5) is 6.05. The first-order valence-corrected chi connectivity index (χ1v) is 5.12. The number of methoxy groups -OCH3 is 1. The van der Waals surface area contributed by atoms with Gasteiger partial charge in [-0.2, -0.15) is 0 Å². The van der Waals surface area contributed by atoms with Crippen LogP contribution in [-0.2, 0) is 11.3 Å². The number of anilines is 1. The molecule has 0 aliphatic rings. The number of aliphatic hydroxyl groups excluding tert-OH is 2. The zero-order valence-electron chi connectivity index (χ0n) is 9.63. The molecule has 5 heteroatoms. The summed E-state index contributed by atoms with van der Waals surface area (Å²) in [6, 6.07) is 5.41. The first kappa shape index (κ1) is 12.9. The van der Waals surface area contributed by atoms with Crippen LogP contribution in [0, 0.1) is 0 Å². The van der Waals surface area contributed by atoms with Crippen LogP contribution in [0.2, 0.25) is 0 Å². The third kappa shape index (κ3) is 3.77. The van der Waals surface area contributed by atoms with Crippen molar-refractivity contribution in [2.45, 2.75) is 12.7 Å². The van der Waals surface area contributed by atoms with Crippen molar-refractivity contribution in [2.24, 2.45) is 0 Å². The molecule has 1 heterocycles. The highest BCUT2D eigenvalue weighted by molar-refractivity contribution is 5.38. The van der Waals surface area contributed by atoms with E-state index in [2.05, 4.69) is 4.98 Å². The number of aliphatic hydroxyl groups is 2. The van der Waals surface area contributed by atoms with Crippen molar-refractivity contribution in [2.75, 3.05) is 32.2 Å². The average molecular weight is 226 g/mol. The van der Waals surface area contributed by atoms with E-state index in [0.29, 0.717) is 18.8 Å². The van der Waals surface area contributed by atoms with Crippen molar-refractivity contribution < 1.29 is 14.9 Å². The van der Waals surface area contributed by atoms with Crippen LogP contribution in [0.1, 0.15) is 5.69 Å². The number of pyridine rings is 1. The standard InChI is InChI=1S/C11H18N2O3/c1-13(6-10(15)8-16-2)11-5-3-4-9(7-14)12-11/h3-5,10,14-15H,6-8H2,1-2H3. The van der Waals surface area contributed by atoms with Gasteiger partial charge in [-0.1, -0.05) is 6.07 Å². The van der Waals surface area contributed by atoms with Crippen LogP contribution < -0.4 is 4.90 Å². The number of rotatable bonds is 6. The second-order valence-electron chi connectivity index (χ2n) is 3.63. The second kappa shape index (κ2) is 6.42. The molecular formula is C11H18N2O3. The lowest BCUT2D eigenvalue weighted by Gasteiger charge is -2.21. The van der Waals surface area contributed by atoms with Crippen LogP contribution in [0.5, 0.6) is 0 Å². The average Bonchev–Trinajstić information content (AvgIpc) is 2.29. The minimum absolute atomic E-state index is 0.0810. The summed E-state index contributed by atoms with van der Waals surface area (Å²) >= 11 is 0. The smallest absolute Gasteiger partial charge is 0.128 e. The Morgan fingerprint density at radius 2 is 2.25 bits per heavy atom. The maximum Gasteiger partial charge on any atom is 0.128 e. The molecule has 0 amide bonds. The number of ether oxygens (including phenoxy) is 1. The maximum atomic E-state index is 9.56. The second-order valence-corrected chi connectivity index (χ2v) is 3.63. The molecule has 90 valence electrons. The third-order valence-electron chi connectivity index (χ3n) is 2.19. The van der Waals surface area contributed by atoms with E-state index >= 15 is 0 Å². The Labute approximate surface area is 95.3 Å². The number of hydrogen-bond donors (Lipinski definition) is 2. The fourth-order valence-electron chi connectivity index (χ4n) is 1.42. The van der Waals surface area contributed by atoms with Crippen molar-refractivity contribution in [1.29, 1.82) is 0 Å². The van der Waals surface area contributed by atoms with Gasteiger partial charge in [-0.3, -0.25) is 0 Å². The fraction of sp³-hybridized carbons (Fsp3) is 0.545. The van der Waals surface area contributed by atoms with Gasteiger partial charge in [-0.05, 0) is 12.1 Å². The van der Waals surface area contributed by atoms with Gasteiger partial charge in [0.25, 0.3) is 0 Å². The van der Waals surface area contributed by atoms with E-state index in [1.54, 1.807) is 13.2 Å². The van der Waals surface area contributed by atoms with E-state index in [1.165, 1.54) is 0 Å². The molecule has 1 unspecified atom stereocenters. The minimum atomic E-state index is -0.547. The molecule has 1 rings (SSSR count). The van der Waals surface area contributed by atoms with Gasteiger partial charge in [-0.25, -0.2) is 4.98 Å². The topological polar surface area (TPSA) is 65.8 Å². The van der Waals surface area contributed by atoms with Gasteiger partial charge in [0.15, 0.2) is 0 Å². The highest BCUT2D eigenvalue weighted by Crippen LogP contribution is 2.10. The summed E-state index contributed by atoms with van der Waals surface area (Å²) in [7, 11) is 3.39. The van der Waals surface area contributed by atoms with E-state index in [-0.39, 0.29) is 6.61 Å². The molecule has 0 saturated carbocycles. The first-order valence-electron chi connectivity index (χ1n) is 5.12. The van der Waals surface area contributed by atoms with Gasteiger partial charge in [-0.15, -0.1) is 0 Å². The molecular weight excluding hydrogens is 208 g/mol. The maximum absolute atomic E-state index is 9.56. The normalized spacial score (nSPS) is 12.5. The summed E-state index contributed by atoms with van der Waals surface area (Å²) in [5.74, 6) is 0.724. The van der Waals surface area contributed by atoms with Crippen molar-refractivity contribution in [3.8, 4) is 0 Å². The number of aromatic nitrogens is 1. The first-order chi connectivity index (χ1) is 7.67. The van der Waals surface area contributed by atoms with Gasteiger partial charge in [0.05, 0.1) is 25.0 Å². The number of nitrogens with zero attached hydrogens (tertiary/aromatic N) is 2. The largest absolute Gasteiger partial charge is 0.390 e. The fourth-order valence-corrected chi connectivity index (χ4v) is 1.42. The molecule has 1 aromatic rings. The predicted molar refractivity (Wildman–Crippen MR) is 61.3 cm³/mol. The molecule has 0 spiro atoms.